The highest BCUT2D eigenvalue weighted by Gasteiger charge is 2.58. The molecule has 2 aliphatic carbocycles. The molecular weight excluding hydrogens is 516 g/mol. The van der Waals surface area contributed by atoms with Gasteiger partial charge in [0.05, 0.1) is 24.9 Å². The predicted octanol–water partition coefficient (Wildman–Crippen LogP) is 3.90. The SMILES string of the molecule is C[C@H]1COCCN1c1cc(C2(S(=O)(=O)c3ccccn3)CC2)nc(-c2ccc(NC(=O)NC3CCC3)cc2)n1. The fraction of sp³-hybridized carbons (Fsp3) is 0.429. The fourth-order valence-electron chi connectivity index (χ4n) is 5.10. The van der Waals surface area contributed by atoms with E-state index in [2.05, 4.69) is 27.4 Å². The van der Waals surface area contributed by atoms with Gasteiger partial charge < -0.3 is 20.3 Å². The lowest BCUT2D eigenvalue weighted by Gasteiger charge is -2.34. The van der Waals surface area contributed by atoms with Crippen LogP contribution >= 0.6 is 0 Å². The van der Waals surface area contributed by atoms with E-state index in [1.165, 1.54) is 12.3 Å². The number of pyridine rings is 1. The van der Waals surface area contributed by atoms with Crippen LogP contribution in [-0.2, 0) is 19.3 Å². The predicted molar refractivity (Wildman–Crippen MR) is 147 cm³/mol. The van der Waals surface area contributed by atoms with E-state index in [1.807, 2.05) is 18.2 Å². The molecular formula is C28H32N6O4S. The summed E-state index contributed by atoms with van der Waals surface area (Å²) < 4.78 is 32.0. The average molecular weight is 549 g/mol. The van der Waals surface area contributed by atoms with Gasteiger partial charge in [0.15, 0.2) is 10.9 Å². The standard InChI is InChI=1S/C28H32N6O4S/c1-19-18-38-16-15-34(19)24-17-23(28(12-13-28)39(36,37)25-7-2-3-14-29-25)32-26(33-24)20-8-10-22(11-9-20)31-27(35)30-21-5-4-6-21/h2-3,7-11,14,17,19,21H,4-6,12-13,15-16,18H2,1H3,(H2,30,31,35)/t19-/m0/s1. The number of carbonyl (C=O) groups excluding carboxylic acids is 1. The van der Waals surface area contributed by atoms with Gasteiger partial charge in [0.1, 0.15) is 10.6 Å². The molecule has 204 valence electrons. The Kier molecular flexibility index (Phi) is 6.72. The molecule has 3 aliphatic rings. The highest BCUT2D eigenvalue weighted by Crippen LogP contribution is 2.54. The van der Waals surface area contributed by atoms with Crippen LogP contribution in [0.5, 0.6) is 0 Å². The first-order valence-corrected chi connectivity index (χ1v) is 14.9. The largest absolute Gasteiger partial charge is 0.377 e. The van der Waals surface area contributed by atoms with E-state index in [0.717, 1.165) is 24.8 Å². The molecule has 0 radical (unpaired) electrons. The molecule has 11 heteroatoms. The molecule has 10 nitrogen and oxygen atoms in total. The van der Waals surface area contributed by atoms with Crippen LogP contribution in [0.4, 0.5) is 16.3 Å². The van der Waals surface area contributed by atoms with Crippen molar-refractivity contribution in [3.8, 4) is 11.4 Å². The number of hydrogen-bond donors (Lipinski definition) is 2. The number of aromatic nitrogens is 3. The summed E-state index contributed by atoms with van der Waals surface area (Å²) in [5.74, 6) is 1.12. The van der Waals surface area contributed by atoms with Crippen molar-refractivity contribution in [2.24, 2.45) is 0 Å². The van der Waals surface area contributed by atoms with Crippen molar-refractivity contribution < 1.29 is 17.9 Å². The summed E-state index contributed by atoms with van der Waals surface area (Å²) in [5, 5.41) is 5.89. The van der Waals surface area contributed by atoms with Gasteiger partial charge in [0.25, 0.3) is 0 Å². The van der Waals surface area contributed by atoms with Crippen molar-refractivity contribution >= 4 is 27.4 Å². The fourth-order valence-corrected chi connectivity index (χ4v) is 6.98. The minimum absolute atomic E-state index is 0.0551. The number of anilines is 2. The maximum Gasteiger partial charge on any atom is 0.319 e. The van der Waals surface area contributed by atoms with Gasteiger partial charge in [-0.15, -0.1) is 0 Å². The van der Waals surface area contributed by atoms with Gasteiger partial charge >= 0.3 is 6.03 Å². The van der Waals surface area contributed by atoms with Gasteiger partial charge in [-0.25, -0.2) is 28.2 Å². The number of ether oxygens (including phenoxy) is 1. The van der Waals surface area contributed by atoms with E-state index >= 15 is 0 Å². The van der Waals surface area contributed by atoms with Crippen molar-refractivity contribution in [2.75, 3.05) is 30.0 Å². The van der Waals surface area contributed by atoms with Crippen LogP contribution in [0, 0.1) is 0 Å². The van der Waals surface area contributed by atoms with Crippen molar-refractivity contribution in [1.82, 2.24) is 20.3 Å². The number of benzene rings is 1. The molecule has 2 saturated carbocycles. The first-order chi connectivity index (χ1) is 18.9. The Bertz CT molecular complexity index is 1460. The molecule has 6 rings (SSSR count). The Morgan fingerprint density at radius 3 is 2.54 bits per heavy atom. The van der Waals surface area contributed by atoms with Crippen molar-refractivity contribution in [1.29, 1.82) is 0 Å². The summed E-state index contributed by atoms with van der Waals surface area (Å²) >= 11 is 0. The van der Waals surface area contributed by atoms with Gasteiger partial charge in [-0.1, -0.05) is 6.07 Å². The summed E-state index contributed by atoms with van der Waals surface area (Å²) in [6, 6.07) is 14.2. The molecule has 39 heavy (non-hydrogen) atoms. The first kappa shape index (κ1) is 25.7. The third-order valence-electron chi connectivity index (χ3n) is 7.81. The number of nitrogens with one attached hydrogen (secondary N) is 2. The number of sulfone groups is 1. The highest BCUT2D eigenvalue weighted by atomic mass is 32.2. The van der Waals surface area contributed by atoms with Crippen molar-refractivity contribution in [2.45, 2.75) is 60.9 Å². The van der Waals surface area contributed by atoms with E-state index < -0.39 is 14.6 Å². The monoisotopic (exact) mass is 548 g/mol. The van der Waals surface area contributed by atoms with Crippen molar-refractivity contribution in [3.05, 3.63) is 60.4 Å². The van der Waals surface area contributed by atoms with Crippen LogP contribution in [0.2, 0.25) is 0 Å². The normalized spacial score (nSPS) is 20.6. The second-order valence-electron chi connectivity index (χ2n) is 10.5. The number of urea groups is 1. The number of carbonyl (C=O) groups is 1. The molecule has 0 spiro atoms. The number of rotatable bonds is 7. The Morgan fingerprint density at radius 2 is 1.90 bits per heavy atom. The molecule has 3 fully saturated rings. The highest BCUT2D eigenvalue weighted by molar-refractivity contribution is 7.92. The zero-order valence-electron chi connectivity index (χ0n) is 21.8. The number of morpholine rings is 1. The molecule has 1 atom stereocenters. The van der Waals surface area contributed by atoms with Gasteiger partial charge in [0.2, 0.25) is 9.84 Å². The number of hydrogen-bond acceptors (Lipinski definition) is 8. The Hall–Kier alpha value is -3.57. The van der Waals surface area contributed by atoms with E-state index in [4.69, 9.17) is 14.7 Å². The maximum atomic E-state index is 13.8. The van der Waals surface area contributed by atoms with E-state index in [1.54, 1.807) is 24.3 Å². The Morgan fingerprint density at radius 1 is 1.10 bits per heavy atom. The van der Waals surface area contributed by atoms with Gasteiger partial charge in [0, 0.05) is 36.1 Å². The topological polar surface area (TPSA) is 126 Å². The van der Waals surface area contributed by atoms with Crippen LogP contribution in [0.1, 0.15) is 44.7 Å². The van der Waals surface area contributed by atoms with Gasteiger partial charge in [-0.3, -0.25) is 0 Å². The molecule has 0 unspecified atom stereocenters. The maximum absolute atomic E-state index is 13.8. The Balaban J connectivity index is 1.35. The molecule has 1 aliphatic heterocycles. The molecule has 3 heterocycles. The van der Waals surface area contributed by atoms with E-state index in [0.29, 0.717) is 55.6 Å². The smallest absolute Gasteiger partial charge is 0.319 e. The van der Waals surface area contributed by atoms with Crippen LogP contribution in [0.25, 0.3) is 11.4 Å². The van der Waals surface area contributed by atoms with Crippen LogP contribution in [0.15, 0.2) is 59.8 Å². The molecule has 0 bridgehead atoms. The summed E-state index contributed by atoms with van der Waals surface area (Å²) in [6.07, 6.45) is 5.62. The van der Waals surface area contributed by atoms with E-state index in [9.17, 15) is 13.2 Å². The Labute approximate surface area is 228 Å². The minimum Gasteiger partial charge on any atom is -0.377 e. The summed E-state index contributed by atoms with van der Waals surface area (Å²) in [5.41, 5.74) is 1.87. The minimum atomic E-state index is -3.77. The van der Waals surface area contributed by atoms with Crippen molar-refractivity contribution in [3.63, 3.8) is 0 Å². The average Bonchev–Trinajstić information content (AvgIpc) is 3.75. The second kappa shape index (κ2) is 10.2. The van der Waals surface area contributed by atoms with Gasteiger partial charge in [-0.05, 0) is 75.4 Å². The molecule has 2 N–H and O–H groups in total. The lowest BCUT2D eigenvalue weighted by molar-refractivity contribution is 0.0985. The summed E-state index contributed by atoms with van der Waals surface area (Å²) in [6.45, 7) is 3.85. The molecule has 1 aromatic carbocycles. The molecule has 2 amide bonds. The molecule has 3 aromatic rings. The zero-order chi connectivity index (χ0) is 27.0. The second-order valence-corrected chi connectivity index (χ2v) is 12.7. The van der Waals surface area contributed by atoms with Crippen LogP contribution in [-0.4, -0.2) is 61.2 Å². The first-order valence-electron chi connectivity index (χ1n) is 13.4. The summed E-state index contributed by atoms with van der Waals surface area (Å²) in [4.78, 5) is 28.3. The molecule has 1 saturated heterocycles. The lowest BCUT2D eigenvalue weighted by Crippen LogP contribution is -2.44. The zero-order valence-corrected chi connectivity index (χ0v) is 22.7. The van der Waals surface area contributed by atoms with Crippen LogP contribution < -0.4 is 15.5 Å². The molecule has 2 aromatic heterocycles. The summed E-state index contributed by atoms with van der Waals surface area (Å²) in [7, 11) is -3.77. The van der Waals surface area contributed by atoms with Crippen LogP contribution in [0.3, 0.4) is 0 Å². The van der Waals surface area contributed by atoms with Gasteiger partial charge in [-0.2, -0.15) is 0 Å². The lowest BCUT2D eigenvalue weighted by atomic mass is 9.93. The third kappa shape index (κ3) is 4.96. The third-order valence-corrected chi connectivity index (χ3v) is 10.3. The number of amides is 2. The quantitative estimate of drug-likeness (QED) is 0.455. The van der Waals surface area contributed by atoms with E-state index in [-0.39, 0.29) is 23.1 Å². The number of nitrogens with zero attached hydrogens (tertiary/aromatic N) is 4.